The molecule has 1 heterocycles. The summed E-state index contributed by atoms with van der Waals surface area (Å²) >= 11 is 0. The molecule has 0 aliphatic heterocycles. The summed E-state index contributed by atoms with van der Waals surface area (Å²) < 4.78 is 0. The maximum Gasteiger partial charge on any atom is 0.313 e. The molecule has 0 bridgehead atoms. The van der Waals surface area contributed by atoms with Gasteiger partial charge in [0.1, 0.15) is 11.4 Å². The van der Waals surface area contributed by atoms with Crippen molar-refractivity contribution in [2.24, 2.45) is 0 Å². The molecule has 2 rings (SSSR count). The molecule has 5 nitrogen and oxygen atoms in total. The van der Waals surface area contributed by atoms with Crippen LogP contribution in [-0.4, -0.2) is 9.91 Å². The van der Waals surface area contributed by atoms with Gasteiger partial charge in [0, 0.05) is 12.2 Å². The molecule has 98 valence electrons. The third-order valence-corrected chi connectivity index (χ3v) is 2.80. The molecule has 1 aromatic heterocycles. The molecule has 0 radical (unpaired) electrons. The van der Waals surface area contributed by atoms with Crippen LogP contribution in [0.3, 0.4) is 0 Å². The Morgan fingerprint density at radius 1 is 1.26 bits per heavy atom. The van der Waals surface area contributed by atoms with E-state index in [1.165, 1.54) is 0 Å². The molecule has 0 saturated carbocycles. The molecule has 2 aromatic rings. The van der Waals surface area contributed by atoms with Gasteiger partial charge in [0.05, 0.1) is 4.92 Å². The van der Waals surface area contributed by atoms with E-state index in [4.69, 9.17) is 0 Å². The highest BCUT2D eigenvalue weighted by Crippen LogP contribution is 2.28. The lowest BCUT2D eigenvalue weighted by molar-refractivity contribution is -0.384. The van der Waals surface area contributed by atoms with Crippen molar-refractivity contribution in [1.29, 1.82) is 0 Å². The fourth-order valence-electron chi connectivity index (χ4n) is 1.98. The van der Waals surface area contributed by atoms with Crippen molar-refractivity contribution in [3.8, 4) is 0 Å². The molecule has 0 saturated heterocycles. The fourth-order valence-corrected chi connectivity index (χ4v) is 1.98. The van der Waals surface area contributed by atoms with E-state index in [1.54, 1.807) is 13.0 Å². The Morgan fingerprint density at radius 2 is 1.95 bits per heavy atom. The number of aryl methyl sites for hydroxylation is 2. The monoisotopic (exact) mass is 257 g/mol. The standard InChI is InChI=1S/C14H15N3O2/c1-10-8-13(14(17(18)19)11(2)16-10)15-9-12-6-4-3-5-7-12/h3-8H,9H2,1-2H3,(H,15,16). The summed E-state index contributed by atoms with van der Waals surface area (Å²) in [7, 11) is 0. The smallest absolute Gasteiger partial charge is 0.313 e. The van der Waals surface area contributed by atoms with Crippen molar-refractivity contribution in [1.82, 2.24) is 4.98 Å². The summed E-state index contributed by atoms with van der Waals surface area (Å²) in [6, 6.07) is 11.5. The highest BCUT2D eigenvalue weighted by molar-refractivity contribution is 5.64. The van der Waals surface area contributed by atoms with E-state index in [1.807, 2.05) is 37.3 Å². The molecule has 1 N–H and O–H groups in total. The Labute approximate surface area is 111 Å². The normalized spacial score (nSPS) is 10.2. The maximum absolute atomic E-state index is 11.1. The average Bonchev–Trinajstić information content (AvgIpc) is 2.36. The molecular formula is C14H15N3O2. The number of aromatic nitrogens is 1. The van der Waals surface area contributed by atoms with Gasteiger partial charge in [-0.2, -0.15) is 0 Å². The molecule has 0 aliphatic carbocycles. The Hall–Kier alpha value is -2.43. The Bertz CT molecular complexity index is 597. The van der Waals surface area contributed by atoms with Crippen LogP contribution in [0.5, 0.6) is 0 Å². The van der Waals surface area contributed by atoms with Crippen LogP contribution in [-0.2, 0) is 6.54 Å². The predicted molar refractivity (Wildman–Crippen MR) is 74.1 cm³/mol. The molecular weight excluding hydrogens is 242 g/mol. The number of nitrogens with zero attached hydrogens (tertiary/aromatic N) is 2. The quantitative estimate of drug-likeness (QED) is 0.674. The van der Waals surface area contributed by atoms with Gasteiger partial charge < -0.3 is 5.32 Å². The van der Waals surface area contributed by atoms with Gasteiger partial charge in [0.15, 0.2) is 0 Å². The second-order valence-electron chi connectivity index (χ2n) is 4.34. The van der Waals surface area contributed by atoms with E-state index >= 15 is 0 Å². The van der Waals surface area contributed by atoms with Crippen LogP contribution in [0.4, 0.5) is 11.4 Å². The lowest BCUT2D eigenvalue weighted by atomic mass is 10.2. The fraction of sp³-hybridized carbons (Fsp3) is 0.214. The first-order chi connectivity index (χ1) is 9.08. The first kappa shape index (κ1) is 13.0. The lowest BCUT2D eigenvalue weighted by Gasteiger charge is -2.09. The van der Waals surface area contributed by atoms with Crippen molar-refractivity contribution in [3.05, 3.63) is 63.5 Å². The third-order valence-electron chi connectivity index (χ3n) is 2.80. The van der Waals surface area contributed by atoms with Crippen molar-refractivity contribution in [2.75, 3.05) is 5.32 Å². The molecule has 0 fully saturated rings. The zero-order valence-electron chi connectivity index (χ0n) is 10.9. The van der Waals surface area contributed by atoms with E-state index < -0.39 is 4.92 Å². The van der Waals surface area contributed by atoms with E-state index in [0.717, 1.165) is 11.3 Å². The minimum atomic E-state index is -0.394. The topological polar surface area (TPSA) is 68.1 Å². The van der Waals surface area contributed by atoms with Gasteiger partial charge in [-0.1, -0.05) is 30.3 Å². The largest absolute Gasteiger partial charge is 0.375 e. The van der Waals surface area contributed by atoms with E-state index in [9.17, 15) is 10.1 Å². The summed E-state index contributed by atoms with van der Waals surface area (Å²) in [6.45, 7) is 4.02. The molecule has 0 spiro atoms. The first-order valence-electron chi connectivity index (χ1n) is 5.98. The number of rotatable bonds is 4. The van der Waals surface area contributed by atoms with Crippen molar-refractivity contribution < 1.29 is 4.92 Å². The minimum Gasteiger partial charge on any atom is -0.375 e. The number of nitrogens with one attached hydrogen (secondary N) is 1. The number of pyridine rings is 1. The van der Waals surface area contributed by atoms with Crippen LogP contribution in [0.15, 0.2) is 36.4 Å². The van der Waals surface area contributed by atoms with Gasteiger partial charge in [-0.25, -0.2) is 0 Å². The molecule has 0 unspecified atom stereocenters. The second kappa shape index (κ2) is 5.48. The van der Waals surface area contributed by atoms with Crippen LogP contribution in [0.25, 0.3) is 0 Å². The maximum atomic E-state index is 11.1. The Morgan fingerprint density at radius 3 is 2.58 bits per heavy atom. The molecule has 1 aromatic carbocycles. The number of anilines is 1. The van der Waals surface area contributed by atoms with Gasteiger partial charge in [0.2, 0.25) is 0 Å². The van der Waals surface area contributed by atoms with Crippen LogP contribution >= 0.6 is 0 Å². The number of hydrogen-bond donors (Lipinski definition) is 1. The van der Waals surface area contributed by atoms with Crippen LogP contribution in [0, 0.1) is 24.0 Å². The van der Waals surface area contributed by atoms with Crippen molar-refractivity contribution >= 4 is 11.4 Å². The Balaban J connectivity index is 2.27. The van der Waals surface area contributed by atoms with Gasteiger partial charge in [-0.15, -0.1) is 0 Å². The molecule has 0 atom stereocenters. The SMILES string of the molecule is Cc1cc(NCc2ccccc2)c([N+](=O)[O-])c(C)n1. The lowest BCUT2D eigenvalue weighted by Crippen LogP contribution is -2.05. The van der Waals surface area contributed by atoms with Crippen molar-refractivity contribution in [2.45, 2.75) is 20.4 Å². The zero-order valence-corrected chi connectivity index (χ0v) is 10.9. The summed E-state index contributed by atoms with van der Waals surface area (Å²) in [5.74, 6) is 0. The van der Waals surface area contributed by atoms with Crippen molar-refractivity contribution in [3.63, 3.8) is 0 Å². The van der Waals surface area contributed by atoms with Crippen LogP contribution in [0.1, 0.15) is 17.0 Å². The highest BCUT2D eigenvalue weighted by atomic mass is 16.6. The van der Waals surface area contributed by atoms with Crippen LogP contribution in [0.2, 0.25) is 0 Å². The number of hydrogen-bond acceptors (Lipinski definition) is 4. The zero-order chi connectivity index (χ0) is 13.8. The van der Waals surface area contributed by atoms with Gasteiger partial charge in [-0.3, -0.25) is 15.1 Å². The van der Waals surface area contributed by atoms with Gasteiger partial charge in [0.25, 0.3) is 0 Å². The average molecular weight is 257 g/mol. The summed E-state index contributed by atoms with van der Waals surface area (Å²) in [4.78, 5) is 14.8. The van der Waals surface area contributed by atoms with E-state index in [-0.39, 0.29) is 5.69 Å². The van der Waals surface area contributed by atoms with E-state index in [0.29, 0.717) is 17.9 Å². The van der Waals surface area contributed by atoms with E-state index in [2.05, 4.69) is 10.3 Å². The molecule has 5 heteroatoms. The number of benzene rings is 1. The van der Waals surface area contributed by atoms with Crippen LogP contribution < -0.4 is 5.32 Å². The second-order valence-corrected chi connectivity index (χ2v) is 4.34. The summed E-state index contributed by atoms with van der Waals surface area (Å²) in [6.07, 6.45) is 0. The van der Waals surface area contributed by atoms with Gasteiger partial charge in [-0.05, 0) is 25.5 Å². The molecule has 0 amide bonds. The van der Waals surface area contributed by atoms with Gasteiger partial charge >= 0.3 is 5.69 Å². The summed E-state index contributed by atoms with van der Waals surface area (Å²) in [5, 5.41) is 14.2. The number of nitro groups is 1. The highest BCUT2D eigenvalue weighted by Gasteiger charge is 2.18. The minimum absolute atomic E-state index is 0.0431. The third kappa shape index (κ3) is 3.07. The first-order valence-corrected chi connectivity index (χ1v) is 5.98. The predicted octanol–water partition coefficient (Wildman–Crippen LogP) is 3.22. The summed E-state index contributed by atoms with van der Waals surface area (Å²) in [5.41, 5.74) is 2.82. The Kier molecular flexibility index (Phi) is 3.75. The molecule has 19 heavy (non-hydrogen) atoms. The molecule has 0 aliphatic rings.